The van der Waals surface area contributed by atoms with Gasteiger partial charge in [0, 0.05) is 0 Å². The Morgan fingerprint density at radius 1 is 1.68 bits per heavy atom. The van der Waals surface area contributed by atoms with E-state index in [0.717, 1.165) is 6.42 Å². The summed E-state index contributed by atoms with van der Waals surface area (Å²) in [5.41, 5.74) is -0.429. The molecule has 0 fully saturated rings. The summed E-state index contributed by atoms with van der Waals surface area (Å²) in [5, 5.41) is 6.75. The van der Waals surface area contributed by atoms with Gasteiger partial charge in [0.15, 0.2) is 0 Å². The monoisotopic (exact) mass is 261 g/mol. The van der Waals surface area contributed by atoms with E-state index < -0.39 is 11.7 Å². The summed E-state index contributed by atoms with van der Waals surface area (Å²) < 4.78 is 8.88. The van der Waals surface area contributed by atoms with Crippen molar-refractivity contribution in [3.63, 3.8) is 0 Å². The maximum absolute atomic E-state index is 11.3. The molecule has 0 saturated heterocycles. The zero-order chi connectivity index (χ0) is 14.3. The van der Waals surface area contributed by atoms with Crippen LogP contribution in [0.5, 0.6) is 0 Å². The molecular weight excluding hydrogens is 244 g/mol. The van der Waals surface area contributed by atoms with E-state index in [4.69, 9.17) is 16.7 Å². The third-order valence-corrected chi connectivity index (χ3v) is 2.82. The fourth-order valence-electron chi connectivity index (χ4n) is 1.45. The molecule has 0 amide bonds. The van der Waals surface area contributed by atoms with Crippen LogP contribution >= 0.6 is 0 Å². The van der Waals surface area contributed by atoms with Crippen molar-refractivity contribution in [2.45, 2.75) is 32.9 Å². The van der Waals surface area contributed by atoms with Crippen molar-refractivity contribution in [3.8, 4) is 0 Å². The molecule has 1 aromatic rings. The van der Waals surface area contributed by atoms with Gasteiger partial charge in [0.05, 0.1) is 12.6 Å². The highest BCUT2D eigenvalue weighted by molar-refractivity contribution is 5.98. The summed E-state index contributed by atoms with van der Waals surface area (Å²) in [5.74, 6) is 0.955. The van der Waals surface area contributed by atoms with E-state index in [1.165, 1.54) is 0 Å². The quantitative estimate of drug-likeness (QED) is 0.276. The number of rotatable bonds is 6. The highest BCUT2D eigenvalue weighted by atomic mass is 16.5. The minimum absolute atomic E-state index is 0.161. The normalized spacial score (nSPS) is 11.2. The molecule has 0 aliphatic heterocycles. The summed E-state index contributed by atoms with van der Waals surface area (Å²) in [6, 6.07) is 0.429. The molecule has 19 heavy (non-hydrogen) atoms. The molecule has 0 saturated carbocycles. The molecule has 1 aromatic heterocycles. The lowest BCUT2D eigenvalue weighted by molar-refractivity contribution is -0.697. The molecule has 1 heterocycles. The lowest BCUT2D eigenvalue weighted by atomic mass is 10.3. The molecule has 1 unspecified atom stereocenters. The molecule has 1 rings (SSSR count). The van der Waals surface area contributed by atoms with Crippen molar-refractivity contribution in [1.82, 2.24) is 4.57 Å². The second kappa shape index (κ2) is 7.14. The van der Waals surface area contributed by atoms with Gasteiger partial charge in [-0.3, -0.25) is 10.2 Å². The molecule has 0 radical (unpaired) electrons. The lowest BCUT2D eigenvalue weighted by Gasteiger charge is -2.03. The van der Waals surface area contributed by atoms with Crippen molar-refractivity contribution in [2.24, 2.45) is 0 Å². The Balaban J connectivity index is 2.46. The van der Waals surface area contributed by atoms with Crippen LogP contribution in [0.4, 0.5) is 0 Å². The van der Waals surface area contributed by atoms with Crippen LogP contribution < -0.4 is 4.57 Å². The third-order valence-electron chi connectivity index (χ3n) is 2.82. The van der Waals surface area contributed by atoms with Crippen LogP contribution in [-0.2, 0) is 16.1 Å². The van der Waals surface area contributed by atoms with Crippen molar-refractivity contribution in [2.75, 3.05) is 6.61 Å². The molecule has 100 valence electrons. The van der Waals surface area contributed by atoms with Gasteiger partial charge in [0.1, 0.15) is 25.5 Å². The van der Waals surface area contributed by atoms with E-state index in [1.54, 1.807) is 5.87 Å². The fraction of sp³-hybridized carbons (Fsp3) is 0.462. The van der Waals surface area contributed by atoms with E-state index in [-0.39, 0.29) is 6.61 Å². The topological polar surface area (TPSA) is 63.3 Å². The number of imidazole rings is 1. The first-order valence-electron chi connectivity index (χ1n) is 6.03. The Morgan fingerprint density at radius 2 is 2.42 bits per heavy atom. The van der Waals surface area contributed by atoms with Crippen LogP contribution in [0.2, 0.25) is 0 Å². The van der Waals surface area contributed by atoms with Gasteiger partial charge in [0.25, 0.3) is 0 Å². The smallest absolute Gasteiger partial charge is 0.346 e. The molecular formula is C13H17N4O2+. The molecule has 0 aliphatic rings. The Bertz CT molecular complexity index is 535. The molecule has 0 bridgehead atoms. The molecule has 0 spiro atoms. The SMILES string of the molecule is [C-]#[N+]C(=C=N)C(=O)OCC[n+]1ccn(C(C)CC)c1. The Labute approximate surface area is 112 Å². The van der Waals surface area contributed by atoms with Crippen molar-refractivity contribution in [1.29, 1.82) is 5.41 Å². The predicted molar refractivity (Wildman–Crippen MR) is 68.4 cm³/mol. The maximum Gasteiger partial charge on any atom is 0.346 e. The standard InChI is InChI=1S/C13H17N4O2/c1-4-11(2)17-6-5-16(10-17)7-8-19-13(18)12(9-14)15-3/h5-6,10-11,14H,4,7-8H2,1-2H3/q+1. The second-order valence-electron chi connectivity index (χ2n) is 4.08. The van der Waals surface area contributed by atoms with Crippen LogP contribution in [0.15, 0.2) is 24.4 Å². The first kappa shape index (κ1) is 14.7. The Kier molecular flexibility index (Phi) is 5.52. The van der Waals surface area contributed by atoms with Gasteiger partial charge in [-0.1, -0.05) is 6.92 Å². The van der Waals surface area contributed by atoms with Crippen LogP contribution in [0.25, 0.3) is 4.85 Å². The maximum atomic E-state index is 11.3. The third kappa shape index (κ3) is 4.09. The summed E-state index contributed by atoms with van der Waals surface area (Å²) >= 11 is 0. The van der Waals surface area contributed by atoms with Gasteiger partial charge in [-0.25, -0.2) is 14.0 Å². The number of nitrogens with one attached hydrogen (secondary N) is 1. The average molecular weight is 261 g/mol. The van der Waals surface area contributed by atoms with E-state index >= 15 is 0 Å². The van der Waals surface area contributed by atoms with Gasteiger partial charge in [-0.15, -0.1) is 0 Å². The fourth-order valence-corrected chi connectivity index (χ4v) is 1.45. The Morgan fingerprint density at radius 3 is 3.00 bits per heavy atom. The molecule has 1 atom stereocenters. The highest BCUT2D eigenvalue weighted by Gasteiger charge is 2.13. The summed E-state index contributed by atoms with van der Waals surface area (Å²) in [7, 11) is 0. The molecule has 6 nitrogen and oxygen atoms in total. The van der Waals surface area contributed by atoms with E-state index in [9.17, 15) is 4.79 Å². The van der Waals surface area contributed by atoms with Gasteiger partial charge in [0.2, 0.25) is 6.33 Å². The number of ether oxygens (including phenoxy) is 1. The first-order valence-corrected chi connectivity index (χ1v) is 6.03. The van der Waals surface area contributed by atoms with Crippen LogP contribution in [-0.4, -0.2) is 23.0 Å². The van der Waals surface area contributed by atoms with E-state index in [1.807, 2.05) is 23.3 Å². The Hall–Kier alpha value is -2.38. The van der Waals surface area contributed by atoms with Crippen molar-refractivity contribution >= 4 is 11.8 Å². The summed E-state index contributed by atoms with van der Waals surface area (Å²) in [6.45, 7) is 11.6. The zero-order valence-corrected chi connectivity index (χ0v) is 11.1. The number of nitrogens with zero attached hydrogens (tertiary/aromatic N) is 3. The predicted octanol–water partition coefficient (Wildman–Crippen LogP) is 1.34. The average Bonchev–Trinajstić information content (AvgIpc) is 2.88. The minimum atomic E-state index is -0.799. The van der Waals surface area contributed by atoms with Crippen LogP contribution in [0.3, 0.4) is 0 Å². The minimum Gasteiger partial charge on any atom is -0.466 e. The van der Waals surface area contributed by atoms with Gasteiger partial charge < -0.3 is 4.74 Å². The van der Waals surface area contributed by atoms with Crippen molar-refractivity contribution < 1.29 is 14.1 Å². The zero-order valence-electron chi connectivity index (χ0n) is 11.1. The number of esters is 1. The van der Waals surface area contributed by atoms with E-state index in [2.05, 4.69) is 23.3 Å². The van der Waals surface area contributed by atoms with Gasteiger partial charge in [-0.05, 0) is 19.2 Å². The second-order valence-corrected chi connectivity index (χ2v) is 4.08. The van der Waals surface area contributed by atoms with Crippen LogP contribution in [0.1, 0.15) is 26.3 Å². The number of carbonyl (C=O) groups excluding carboxylic acids is 1. The van der Waals surface area contributed by atoms with E-state index in [0.29, 0.717) is 12.6 Å². The highest BCUT2D eigenvalue weighted by Crippen LogP contribution is 2.07. The summed E-state index contributed by atoms with van der Waals surface area (Å²) in [6.07, 6.45) is 6.87. The van der Waals surface area contributed by atoms with Gasteiger partial charge in [-0.2, -0.15) is 0 Å². The number of hydrogen-bond acceptors (Lipinski definition) is 3. The lowest BCUT2D eigenvalue weighted by Crippen LogP contribution is -2.34. The molecule has 0 aromatic carbocycles. The molecule has 6 heteroatoms. The molecule has 1 N–H and O–H groups in total. The molecule has 0 aliphatic carbocycles. The largest absolute Gasteiger partial charge is 0.466 e. The number of aromatic nitrogens is 2. The van der Waals surface area contributed by atoms with Crippen molar-refractivity contribution in [3.05, 3.63) is 35.8 Å². The van der Waals surface area contributed by atoms with Gasteiger partial charge >= 0.3 is 11.7 Å². The summed E-state index contributed by atoms with van der Waals surface area (Å²) in [4.78, 5) is 14.1. The first-order chi connectivity index (χ1) is 9.12. The number of carbonyl (C=O) groups is 1. The number of hydrogen-bond donors (Lipinski definition) is 1. The van der Waals surface area contributed by atoms with Crippen LogP contribution in [0, 0.1) is 12.0 Å².